The van der Waals surface area contributed by atoms with Crippen molar-refractivity contribution in [3.05, 3.63) is 58.4 Å². The Kier molecular flexibility index (Phi) is 4.25. The summed E-state index contributed by atoms with van der Waals surface area (Å²) in [4.78, 5) is 12.2. The van der Waals surface area contributed by atoms with Gasteiger partial charge in [0, 0.05) is 5.02 Å². The molecule has 0 aliphatic carbocycles. The third-order valence-electron chi connectivity index (χ3n) is 2.78. The van der Waals surface area contributed by atoms with E-state index in [9.17, 15) is 9.18 Å². The number of nitrogens with one attached hydrogen (secondary N) is 1. The molecule has 0 saturated carbocycles. The van der Waals surface area contributed by atoms with Gasteiger partial charge in [-0.15, -0.1) is 0 Å². The fraction of sp³-hybridized carbons (Fsp3) is 0.133. The third-order valence-corrected chi connectivity index (χ3v) is 3.01. The van der Waals surface area contributed by atoms with Crippen LogP contribution in [0.4, 0.5) is 10.1 Å². The highest BCUT2D eigenvalue weighted by Crippen LogP contribution is 2.24. The number of carbonyl (C=O) groups excluding carboxylic acids is 1. The number of amides is 1. The zero-order valence-corrected chi connectivity index (χ0v) is 11.8. The summed E-state index contributed by atoms with van der Waals surface area (Å²) in [5.41, 5.74) is 1.22. The van der Waals surface area contributed by atoms with Gasteiger partial charge in [0.2, 0.25) is 0 Å². The molecule has 0 aliphatic rings. The molecule has 20 heavy (non-hydrogen) atoms. The van der Waals surface area contributed by atoms with E-state index in [1.165, 1.54) is 19.2 Å². The van der Waals surface area contributed by atoms with E-state index >= 15 is 0 Å². The summed E-state index contributed by atoms with van der Waals surface area (Å²) in [5, 5.41) is 2.92. The van der Waals surface area contributed by atoms with Crippen LogP contribution in [0.1, 0.15) is 15.9 Å². The van der Waals surface area contributed by atoms with Gasteiger partial charge in [0.05, 0.1) is 18.4 Å². The molecule has 5 heteroatoms. The van der Waals surface area contributed by atoms with E-state index in [0.717, 1.165) is 5.56 Å². The number of halogens is 2. The number of rotatable bonds is 3. The van der Waals surface area contributed by atoms with Crippen molar-refractivity contribution in [2.45, 2.75) is 6.92 Å². The highest BCUT2D eigenvalue weighted by atomic mass is 35.5. The minimum Gasteiger partial charge on any atom is -0.496 e. The zero-order valence-electron chi connectivity index (χ0n) is 11.0. The van der Waals surface area contributed by atoms with Crippen LogP contribution in [0, 0.1) is 12.7 Å². The third kappa shape index (κ3) is 3.08. The van der Waals surface area contributed by atoms with Gasteiger partial charge in [0.25, 0.3) is 5.91 Å². The fourth-order valence-electron chi connectivity index (χ4n) is 1.78. The van der Waals surface area contributed by atoms with Crippen LogP contribution < -0.4 is 10.1 Å². The molecule has 0 heterocycles. The zero-order chi connectivity index (χ0) is 14.7. The quantitative estimate of drug-likeness (QED) is 0.927. The largest absolute Gasteiger partial charge is 0.496 e. The van der Waals surface area contributed by atoms with Crippen LogP contribution in [0.25, 0.3) is 0 Å². The summed E-state index contributed by atoms with van der Waals surface area (Å²) in [6.07, 6.45) is 0. The van der Waals surface area contributed by atoms with E-state index in [4.69, 9.17) is 16.3 Å². The lowest BCUT2D eigenvalue weighted by atomic mass is 10.1. The normalized spacial score (nSPS) is 10.2. The molecule has 104 valence electrons. The van der Waals surface area contributed by atoms with Gasteiger partial charge in [0.1, 0.15) is 11.6 Å². The maximum Gasteiger partial charge on any atom is 0.259 e. The van der Waals surface area contributed by atoms with Crippen LogP contribution in [-0.4, -0.2) is 13.0 Å². The van der Waals surface area contributed by atoms with E-state index in [0.29, 0.717) is 10.8 Å². The number of hydrogen-bond donors (Lipinski definition) is 1. The summed E-state index contributed by atoms with van der Waals surface area (Å²) in [7, 11) is 1.45. The first-order chi connectivity index (χ1) is 9.51. The Morgan fingerprint density at radius 3 is 2.70 bits per heavy atom. The van der Waals surface area contributed by atoms with Gasteiger partial charge in [-0.1, -0.05) is 17.7 Å². The Bertz CT molecular complexity index is 658. The van der Waals surface area contributed by atoms with E-state index in [2.05, 4.69) is 5.32 Å². The monoisotopic (exact) mass is 293 g/mol. The Labute approximate surface area is 121 Å². The van der Waals surface area contributed by atoms with Crippen molar-refractivity contribution in [1.29, 1.82) is 0 Å². The second-order valence-electron chi connectivity index (χ2n) is 4.28. The van der Waals surface area contributed by atoms with Gasteiger partial charge in [0.15, 0.2) is 0 Å². The number of ether oxygens (including phenoxy) is 1. The van der Waals surface area contributed by atoms with E-state index in [1.54, 1.807) is 24.3 Å². The molecule has 0 unspecified atom stereocenters. The lowest BCUT2D eigenvalue weighted by molar-refractivity contribution is 0.102. The summed E-state index contributed by atoms with van der Waals surface area (Å²) in [5.74, 6) is -0.598. The van der Waals surface area contributed by atoms with E-state index in [1.807, 2.05) is 6.92 Å². The summed E-state index contributed by atoms with van der Waals surface area (Å²) < 4.78 is 18.7. The highest BCUT2D eigenvalue weighted by molar-refractivity contribution is 6.31. The topological polar surface area (TPSA) is 38.3 Å². The minimum absolute atomic E-state index is 0.122. The first-order valence-corrected chi connectivity index (χ1v) is 6.30. The lowest BCUT2D eigenvalue weighted by Gasteiger charge is -2.10. The molecule has 2 aromatic rings. The molecule has 2 aromatic carbocycles. The standard InChI is InChI=1S/C15H13ClFNO2/c1-9-3-5-12(17)13(7-9)18-15(19)11-8-10(16)4-6-14(11)20-2/h3-8H,1-2H3,(H,18,19). The second-order valence-corrected chi connectivity index (χ2v) is 4.72. The molecule has 0 spiro atoms. The Morgan fingerprint density at radius 2 is 2.00 bits per heavy atom. The Hall–Kier alpha value is -2.07. The molecule has 0 fully saturated rings. The molecule has 0 saturated heterocycles. The molecule has 1 amide bonds. The van der Waals surface area contributed by atoms with E-state index < -0.39 is 11.7 Å². The Morgan fingerprint density at radius 1 is 1.25 bits per heavy atom. The van der Waals surface area contributed by atoms with Crippen LogP contribution in [0.3, 0.4) is 0 Å². The molecular formula is C15H13ClFNO2. The highest BCUT2D eigenvalue weighted by Gasteiger charge is 2.14. The van der Waals surface area contributed by atoms with Crippen molar-refractivity contribution >= 4 is 23.2 Å². The van der Waals surface area contributed by atoms with Gasteiger partial charge in [-0.3, -0.25) is 4.79 Å². The van der Waals surface area contributed by atoms with Crippen LogP contribution in [-0.2, 0) is 0 Å². The van der Waals surface area contributed by atoms with Crippen molar-refractivity contribution in [2.75, 3.05) is 12.4 Å². The molecule has 0 atom stereocenters. The average molecular weight is 294 g/mol. The number of carbonyl (C=O) groups is 1. The predicted octanol–water partition coefficient (Wildman–Crippen LogP) is 4.05. The van der Waals surface area contributed by atoms with Gasteiger partial charge >= 0.3 is 0 Å². The number of aryl methyl sites for hydroxylation is 1. The summed E-state index contributed by atoms with van der Waals surface area (Å²) >= 11 is 5.87. The van der Waals surface area contributed by atoms with Gasteiger partial charge < -0.3 is 10.1 Å². The fourth-order valence-corrected chi connectivity index (χ4v) is 1.95. The lowest BCUT2D eigenvalue weighted by Crippen LogP contribution is -2.14. The van der Waals surface area contributed by atoms with Crippen molar-refractivity contribution < 1.29 is 13.9 Å². The van der Waals surface area contributed by atoms with Crippen LogP contribution in [0.5, 0.6) is 5.75 Å². The van der Waals surface area contributed by atoms with E-state index in [-0.39, 0.29) is 11.3 Å². The maximum absolute atomic E-state index is 13.6. The first-order valence-electron chi connectivity index (χ1n) is 5.92. The van der Waals surface area contributed by atoms with Crippen molar-refractivity contribution in [3.63, 3.8) is 0 Å². The van der Waals surface area contributed by atoms with Crippen LogP contribution in [0.2, 0.25) is 5.02 Å². The van der Waals surface area contributed by atoms with Crippen molar-refractivity contribution in [3.8, 4) is 5.75 Å². The number of anilines is 1. The smallest absolute Gasteiger partial charge is 0.259 e. The number of methoxy groups -OCH3 is 1. The Balaban J connectivity index is 2.32. The number of benzene rings is 2. The van der Waals surface area contributed by atoms with Gasteiger partial charge in [-0.05, 0) is 42.8 Å². The average Bonchev–Trinajstić information content (AvgIpc) is 2.42. The second kappa shape index (κ2) is 5.92. The molecular weight excluding hydrogens is 281 g/mol. The SMILES string of the molecule is COc1ccc(Cl)cc1C(=O)Nc1cc(C)ccc1F. The molecule has 0 radical (unpaired) electrons. The molecule has 2 rings (SSSR count). The first kappa shape index (κ1) is 14.3. The van der Waals surface area contributed by atoms with Crippen molar-refractivity contribution in [2.24, 2.45) is 0 Å². The van der Waals surface area contributed by atoms with Crippen LogP contribution >= 0.6 is 11.6 Å². The van der Waals surface area contributed by atoms with Gasteiger partial charge in [-0.2, -0.15) is 0 Å². The molecule has 1 N–H and O–H groups in total. The minimum atomic E-state index is -0.495. The predicted molar refractivity (Wildman–Crippen MR) is 77.1 cm³/mol. The van der Waals surface area contributed by atoms with Crippen LogP contribution in [0.15, 0.2) is 36.4 Å². The summed E-state index contributed by atoms with van der Waals surface area (Å²) in [6, 6.07) is 9.17. The van der Waals surface area contributed by atoms with Crippen molar-refractivity contribution in [1.82, 2.24) is 0 Å². The molecule has 0 bridgehead atoms. The maximum atomic E-state index is 13.6. The molecule has 0 aromatic heterocycles. The molecule has 3 nitrogen and oxygen atoms in total. The van der Waals surface area contributed by atoms with Gasteiger partial charge in [-0.25, -0.2) is 4.39 Å². The number of hydrogen-bond acceptors (Lipinski definition) is 2. The molecule has 0 aliphatic heterocycles. The summed E-state index contributed by atoms with van der Waals surface area (Å²) in [6.45, 7) is 1.81.